The number of nitrogens with one attached hydrogen (secondary N) is 2. The van der Waals surface area contributed by atoms with E-state index in [4.69, 9.17) is 0 Å². The molecule has 0 aromatic rings. The Balaban J connectivity index is 1.73. The molecule has 0 spiro atoms. The monoisotopic (exact) mass is 280 g/mol. The van der Waals surface area contributed by atoms with E-state index < -0.39 is 0 Å². The highest BCUT2D eigenvalue weighted by Crippen LogP contribution is 2.34. The fraction of sp³-hybridized carbons (Fsp3) is 0.867. The number of nitrogens with zero attached hydrogens (tertiary/aromatic N) is 2. The van der Waals surface area contributed by atoms with E-state index in [1.807, 2.05) is 18.9 Å². The highest BCUT2D eigenvalue weighted by atomic mass is 16.2. The van der Waals surface area contributed by atoms with Crippen LogP contribution in [0, 0.1) is 5.92 Å². The standard InChI is InChI=1S/C15H28N4O/c1-4-6-11-9-13(11)18-15(16-3)17-12-7-8-19(10-12)14(20)5-2/h11-13H,4-10H2,1-3H3,(H2,16,17,18). The normalized spacial score (nSPS) is 29.4. The molecule has 2 aliphatic rings. The Hall–Kier alpha value is -1.26. The summed E-state index contributed by atoms with van der Waals surface area (Å²) in [5.41, 5.74) is 0. The Kier molecular flexibility index (Phi) is 5.26. The van der Waals surface area contributed by atoms with Crippen LogP contribution in [0.25, 0.3) is 0 Å². The van der Waals surface area contributed by atoms with Crippen LogP contribution in [-0.2, 0) is 4.79 Å². The van der Waals surface area contributed by atoms with Crippen LogP contribution < -0.4 is 10.6 Å². The lowest BCUT2D eigenvalue weighted by Gasteiger charge is -2.18. The minimum Gasteiger partial charge on any atom is -0.353 e. The molecule has 1 heterocycles. The third kappa shape index (κ3) is 3.87. The van der Waals surface area contributed by atoms with Crippen LogP contribution in [0.4, 0.5) is 0 Å². The molecule has 0 radical (unpaired) electrons. The van der Waals surface area contributed by atoms with E-state index in [9.17, 15) is 4.79 Å². The molecular weight excluding hydrogens is 252 g/mol. The second kappa shape index (κ2) is 6.95. The van der Waals surface area contributed by atoms with E-state index in [0.29, 0.717) is 18.5 Å². The molecule has 2 N–H and O–H groups in total. The Morgan fingerprint density at radius 2 is 2.15 bits per heavy atom. The van der Waals surface area contributed by atoms with Crippen LogP contribution in [-0.4, -0.2) is 49.0 Å². The van der Waals surface area contributed by atoms with Gasteiger partial charge < -0.3 is 15.5 Å². The van der Waals surface area contributed by atoms with Crippen molar-refractivity contribution < 1.29 is 4.79 Å². The Morgan fingerprint density at radius 3 is 2.80 bits per heavy atom. The van der Waals surface area contributed by atoms with Gasteiger partial charge in [0, 0.05) is 38.6 Å². The molecule has 1 amide bonds. The van der Waals surface area contributed by atoms with Gasteiger partial charge in [-0.2, -0.15) is 0 Å². The number of likely N-dealkylation sites (tertiary alicyclic amines) is 1. The van der Waals surface area contributed by atoms with Gasteiger partial charge in [0.25, 0.3) is 0 Å². The summed E-state index contributed by atoms with van der Waals surface area (Å²) in [7, 11) is 1.82. The van der Waals surface area contributed by atoms with Crippen molar-refractivity contribution in [3.05, 3.63) is 0 Å². The van der Waals surface area contributed by atoms with Gasteiger partial charge in [0.05, 0.1) is 0 Å². The molecule has 1 aliphatic heterocycles. The van der Waals surface area contributed by atoms with Gasteiger partial charge in [-0.3, -0.25) is 9.79 Å². The van der Waals surface area contributed by atoms with Crippen molar-refractivity contribution in [2.24, 2.45) is 10.9 Å². The molecule has 1 saturated carbocycles. The van der Waals surface area contributed by atoms with Crippen molar-refractivity contribution in [1.29, 1.82) is 0 Å². The fourth-order valence-corrected chi connectivity index (χ4v) is 2.98. The summed E-state index contributed by atoms with van der Waals surface area (Å²) in [5, 5.41) is 6.95. The molecule has 3 unspecified atom stereocenters. The summed E-state index contributed by atoms with van der Waals surface area (Å²) in [5.74, 6) is 1.96. The van der Waals surface area contributed by atoms with Crippen LogP contribution in [0.1, 0.15) is 46.0 Å². The molecule has 2 fully saturated rings. The van der Waals surface area contributed by atoms with Crippen LogP contribution >= 0.6 is 0 Å². The number of hydrogen-bond acceptors (Lipinski definition) is 2. The van der Waals surface area contributed by atoms with E-state index in [1.54, 1.807) is 0 Å². The van der Waals surface area contributed by atoms with Crippen molar-refractivity contribution in [3.8, 4) is 0 Å². The van der Waals surface area contributed by atoms with Gasteiger partial charge >= 0.3 is 0 Å². The average molecular weight is 280 g/mol. The predicted molar refractivity (Wildman–Crippen MR) is 81.7 cm³/mol. The summed E-state index contributed by atoms with van der Waals surface area (Å²) in [6, 6.07) is 0.927. The first-order chi connectivity index (χ1) is 9.67. The molecular formula is C15H28N4O. The topological polar surface area (TPSA) is 56.7 Å². The number of aliphatic imine (C=N–C) groups is 1. The SMILES string of the molecule is CCCC1CC1NC(=NC)NC1CCN(C(=O)CC)C1. The van der Waals surface area contributed by atoms with Gasteiger partial charge in [0.2, 0.25) is 5.91 Å². The molecule has 114 valence electrons. The molecule has 0 aromatic carbocycles. The summed E-state index contributed by atoms with van der Waals surface area (Å²) in [6.07, 6.45) is 5.43. The smallest absolute Gasteiger partial charge is 0.222 e. The van der Waals surface area contributed by atoms with Crippen molar-refractivity contribution in [2.75, 3.05) is 20.1 Å². The minimum absolute atomic E-state index is 0.252. The molecule has 0 aromatic heterocycles. The maximum absolute atomic E-state index is 11.7. The minimum atomic E-state index is 0.252. The van der Waals surface area contributed by atoms with E-state index >= 15 is 0 Å². The van der Waals surface area contributed by atoms with Gasteiger partial charge in [0.1, 0.15) is 0 Å². The molecule has 3 atom stereocenters. The fourth-order valence-electron chi connectivity index (χ4n) is 2.98. The maximum atomic E-state index is 11.7. The predicted octanol–water partition coefficient (Wildman–Crippen LogP) is 1.35. The van der Waals surface area contributed by atoms with E-state index in [1.165, 1.54) is 19.3 Å². The highest BCUT2D eigenvalue weighted by molar-refractivity contribution is 5.81. The number of hydrogen-bond donors (Lipinski definition) is 2. The van der Waals surface area contributed by atoms with Gasteiger partial charge in [0.15, 0.2) is 5.96 Å². The van der Waals surface area contributed by atoms with Crippen LogP contribution in [0.2, 0.25) is 0 Å². The molecule has 0 bridgehead atoms. The molecule has 20 heavy (non-hydrogen) atoms. The lowest BCUT2D eigenvalue weighted by Crippen LogP contribution is -2.46. The van der Waals surface area contributed by atoms with Crippen molar-refractivity contribution in [3.63, 3.8) is 0 Å². The first kappa shape index (κ1) is 15.1. The zero-order chi connectivity index (χ0) is 14.5. The molecule has 5 nitrogen and oxygen atoms in total. The van der Waals surface area contributed by atoms with Gasteiger partial charge in [-0.05, 0) is 25.2 Å². The highest BCUT2D eigenvalue weighted by Gasteiger charge is 2.37. The second-order valence-electron chi connectivity index (χ2n) is 5.93. The van der Waals surface area contributed by atoms with Crippen LogP contribution in [0.3, 0.4) is 0 Å². The number of rotatable bonds is 5. The summed E-state index contributed by atoms with van der Waals surface area (Å²) < 4.78 is 0. The Morgan fingerprint density at radius 1 is 1.35 bits per heavy atom. The largest absolute Gasteiger partial charge is 0.353 e. The Bertz CT molecular complexity index is 369. The van der Waals surface area contributed by atoms with E-state index in [2.05, 4.69) is 22.5 Å². The third-order valence-electron chi connectivity index (χ3n) is 4.31. The third-order valence-corrected chi connectivity index (χ3v) is 4.31. The number of carbonyl (C=O) groups excluding carboxylic acids is 1. The number of carbonyl (C=O) groups is 1. The molecule has 5 heteroatoms. The van der Waals surface area contributed by atoms with Crippen molar-refractivity contribution >= 4 is 11.9 Å². The molecule has 1 saturated heterocycles. The Labute approximate surface area is 122 Å². The van der Waals surface area contributed by atoms with E-state index in [-0.39, 0.29) is 5.91 Å². The first-order valence-corrected chi connectivity index (χ1v) is 7.95. The van der Waals surface area contributed by atoms with Crippen LogP contribution in [0.5, 0.6) is 0 Å². The summed E-state index contributed by atoms with van der Waals surface area (Å²) in [6.45, 7) is 5.82. The lowest BCUT2D eigenvalue weighted by molar-refractivity contribution is -0.129. The maximum Gasteiger partial charge on any atom is 0.222 e. The van der Waals surface area contributed by atoms with Crippen molar-refractivity contribution in [1.82, 2.24) is 15.5 Å². The second-order valence-corrected chi connectivity index (χ2v) is 5.93. The number of amides is 1. The van der Waals surface area contributed by atoms with E-state index in [0.717, 1.165) is 31.4 Å². The zero-order valence-electron chi connectivity index (χ0n) is 13.0. The molecule has 1 aliphatic carbocycles. The average Bonchev–Trinajstić information content (AvgIpc) is 3.00. The first-order valence-electron chi connectivity index (χ1n) is 7.95. The summed E-state index contributed by atoms with van der Waals surface area (Å²) >= 11 is 0. The van der Waals surface area contributed by atoms with Gasteiger partial charge in [-0.25, -0.2) is 0 Å². The lowest BCUT2D eigenvalue weighted by atomic mass is 10.2. The molecule has 2 rings (SSSR count). The van der Waals surface area contributed by atoms with Crippen molar-refractivity contribution in [2.45, 2.75) is 58.0 Å². The quantitative estimate of drug-likeness (QED) is 0.590. The van der Waals surface area contributed by atoms with Gasteiger partial charge in [-0.15, -0.1) is 0 Å². The van der Waals surface area contributed by atoms with Gasteiger partial charge in [-0.1, -0.05) is 20.3 Å². The number of guanidine groups is 1. The van der Waals surface area contributed by atoms with Crippen LogP contribution in [0.15, 0.2) is 4.99 Å². The zero-order valence-corrected chi connectivity index (χ0v) is 13.0. The summed E-state index contributed by atoms with van der Waals surface area (Å²) in [4.78, 5) is 17.9.